The van der Waals surface area contributed by atoms with Crippen molar-refractivity contribution in [1.82, 2.24) is 9.80 Å². The minimum atomic E-state index is -0.832. The van der Waals surface area contributed by atoms with Crippen LogP contribution in [0.2, 0.25) is 0 Å². The van der Waals surface area contributed by atoms with E-state index in [0.717, 1.165) is 0 Å². The molecular weight excluding hydrogens is 424 g/mol. The summed E-state index contributed by atoms with van der Waals surface area (Å²) in [7, 11) is 6.83. The Morgan fingerprint density at radius 2 is 1.70 bits per heavy atom. The van der Waals surface area contributed by atoms with Crippen LogP contribution in [0.1, 0.15) is 24.1 Å². The zero-order valence-corrected chi connectivity index (χ0v) is 19.6. The zero-order valence-electron chi connectivity index (χ0n) is 19.6. The van der Waals surface area contributed by atoms with E-state index in [1.165, 1.54) is 19.1 Å². The van der Waals surface area contributed by atoms with Gasteiger partial charge < -0.3 is 29.1 Å². The molecule has 0 radical (unpaired) electrons. The van der Waals surface area contributed by atoms with Gasteiger partial charge in [-0.1, -0.05) is 0 Å². The molecule has 1 N–H and O–H groups in total. The standard InChI is InChI=1S/C25H30N2O6/c1-6-33-17-9-7-16(8-10-17)23(28)21-22(19-15-18(31-4)11-12-20(19)32-5)27(14-13-26(2)3)25(30)24(21)29/h7-12,15,22,28H,6,13-14H2,1-5H3/t22-/m0/s1. The van der Waals surface area contributed by atoms with Crippen LogP contribution >= 0.6 is 0 Å². The van der Waals surface area contributed by atoms with Gasteiger partial charge in [0, 0.05) is 24.2 Å². The summed E-state index contributed by atoms with van der Waals surface area (Å²) in [5.74, 6) is 0.0135. The Labute approximate surface area is 194 Å². The smallest absolute Gasteiger partial charge is 0.295 e. The number of benzene rings is 2. The van der Waals surface area contributed by atoms with Crippen molar-refractivity contribution in [3.8, 4) is 17.2 Å². The molecule has 2 aromatic rings. The van der Waals surface area contributed by atoms with Gasteiger partial charge in [-0.15, -0.1) is 0 Å². The summed E-state index contributed by atoms with van der Waals surface area (Å²) >= 11 is 0. The number of likely N-dealkylation sites (N-methyl/N-ethyl adjacent to an activating group) is 1. The van der Waals surface area contributed by atoms with Gasteiger partial charge in [0.15, 0.2) is 0 Å². The third kappa shape index (κ3) is 4.96. The van der Waals surface area contributed by atoms with E-state index in [1.54, 1.807) is 42.5 Å². The Morgan fingerprint density at radius 1 is 1.03 bits per heavy atom. The quantitative estimate of drug-likeness (QED) is 0.354. The first-order valence-corrected chi connectivity index (χ1v) is 10.7. The molecule has 0 saturated carbocycles. The molecule has 0 spiro atoms. The van der Waals surface area contributed by atoms with E-state index in [4.69, 9.17) is 14.2 Å². The van der Waals surface area contributed by atoms with Crippen LogP contribution in [-0.4, -0.2) is 74.6 Å². The van der Waals surface area contributed by atoms with Crippen molar-refractivity contribution >= 4 is 17.4 Å². The van der Waals surface area contributed by atoms with Gasteiger partial charge in [0.25, 0.3) is 11.7 Å². The molecule has 176 valence electrons. The molecule has 1 saturated heterocycles. The SMILES string of the molecule is CCOc1ccc(C(O)=C2C(=O)C(=O)N(CCN(C)C)[C@H]2c2cc(OC)ccc2OC)cc1. The van der Waals surface area contributed by atoms with E-state index in [1.807, 2.05) is 25.9 Å². The Hall–Kier alpha value is -3.52. The number of carbonyl (C=O) groups excluding carboxylic acids is 2. The van der Waals surface area contributed by atoms with Crippen LogP contribution in [0.3, 0.4) is 0 Å². The number of hydrogen-bond donors (Lipinski definition) is 1. The summed E-state index contributed by atoms with van der Waals surface area (Å²) in [6.45, 7) is 3.23. The molecule has 1 fully saturated rings. The van der Waals surface area contributed by atoms with Gasteiger partial charge >= 0.3 is 0 Å². The number of aliphatic hydroxyl groups excluding tert-OH is 1. The molecule has 3 rings (SSSR count). The van der Waals surface area contributed by atoms with E-state index in [2.05, 4.69) is 0 Å². The summed E-state index contributed by atoms with van der Waals surface area (Å²) in [6, 6.07) is 11.1. The molecule has 1 heterocycles. The second kappa shape index (κ2) is 10.4. The van der Waals surface area contributed by atoms with Gasteiger partial charge in [-0.2, -0.15) is 0 Å². The minimum absolute atomic E-state index is 0.00877. The summed E-state index contributed by atoms with van der Waals surface area (Å²) in [6.07, 6.45) is 0. The molecule has 1 atom stereocenters. The number of carbonyl (C=O) groups is 2. The topological polar surface area (TPSA) is 88.5 Å². The molecule has 0 aliphatic carbocycles. The van der Waals surface area contributed by atoms with Crippen LogP contribution in [-0.2, 0) is 9.59 Å². The average Bonchev–Trinajstić information content (AvgIpc) is 3.07. The van der Waals surface area contributed by atoms with Crippen LogP contribution in [0.5, 0.6) is 17.2 Å². The van der Waals surface area contributed by atoms with Crippen LogP contribution in [0.4, 0.5) is 0 Å². The average molecular weight is 455 g/mol. The number of hydrogen-bond acceptors (Lipinski definition) is 7. The zero-order chi connectivity index (χ0) is 24.1. The van der Waals surface area contributed by atoms with Gasteiger partial charge in [-0.3, -0.25) is 9.59 Å². The summed E-state index contributed by atoms with van der Waals surface area (Å²) in [5, 5.41) is 11.2. The van der Waals surface area contributed by atoms with Gasteiger partial charge in [0.05, 0.1) is 32.4 Å². The van der Waals surface area contributed by atoms with Gasteiger partial charge in [-0.05, 0) is 63.5 Å². The largest absolute Gasteiger partial charge is 0.507 e. The fourth-order valence-corrected chi connectivity index (χ4v) is 3.83. The normalized spacial score (nSPS) is 17.5. The lowest BCUT2D eigenvalue weighted by Crippen LogP contribution is -2.35. The number of methoxy groups -OCH3 is 2. The highest BCUT2D eigenvalue weighted by Crippen LogP contribution is 2.43. The number of amides is 1. The number of rotatable bonds is 9. The van der Waals surface area contributed by atoms with Crippen molar-refractivity contribution in [1.29, 1.82) is 0 Å². The predicted octanol–water partition coefficient (Wildman–Crippen LogP) is 3.09. The summed E-state index contributed by atoms with van der Waals surface area (Å²) in [5.41, 5.74) is 0.979. The highest BCUT2D eigenvalue weighted by Gasteiger charge is 2.47. The van der Waals surface area contributed by atoms with Crippen molar-refractivity contribution in [2.45, 2.75) is 13.0 Å². The first-order chi connectivity index (χ1) is 15.8. The maximum absolute atomic E-state index is 13.2. The lowest BCUT2D eigenvalue weighted by atomic mass is 9.94. The highest BCUT2D eigenvalue weighted by molar-refractivity contribution is 6.46. The first-order valence-electron chi connectivity index (χ1n) is 10.7. The van der Waals surface area contributed by atoms with Crippen molar-refractivity contribution < 1.29 is 28.9 Å². The predicted molar refractivity (Wildman–Crippen MR) is 125 cm³/mol. The number of Topliss-reactive ketones (excluding diaryl/α,β-unsaturated/α-hetero) is 1. The van der Waals surface area contributed by atoms with Crippen molar-refractivity contribution in [3.05, 3.63) is 59.2 Å². The number of ether oxygens (including phenoxy) is 3. The van der Waals surface area contributed by atoms with Crippen LogP contribution < -0.4 is 14.2 Å². The summed E-state index contributed by atoms with van der Waals surface area (Å²) in [4.78, 5) is 29.6. The van der Waals surface area contributed by atoms with E-state index in [9.17, 15) is 14.7 Å². The van der Waals surface area contributed by atoms with E-state index in [0.29, 0.717) is 48.1 Å². The Morgan fingerprint density at radius 3 is 2.27 bits per heavy atom. The molecule has 8 nitrogen and oxygen atoms in total. The molecule has 0 bridgehead atoms. The minimum Gasteiger partial charge on any atom is -0.507 e. The molecule has 1 aliphatic heterocycles. The molecule has 1 amide bonds. The first kappa shape index (κ1) is 24.1. The van der Waals surface area contributed by atoms with Crippen LogP contribution in [0.15, 0.2) is 48.0 Å². The van der Waals surface area contributed by atoms with E-state index >= 15 is 0 Å². The summed E-state index contributed by atoms with van der Waals surface area (Å²) < 4.78 is 16.4. The third-order valence-corrected chi connectivity index (χ3v) is 5.50. The monoisotopic (exact) mass is 454 g/mol. The molecule has 33 heavy (non-hydrogen) atoms. The lowest BCUT2D eigenvalue weighted by Gasteiger charge is -2.28. The van der Waals surface area contributed by atoms with Crippen molar-refractivity contribution in [2.75, 3.05) is 48.0 Å². The van der Waals surface area contributed by atoms with Crippen LogP contribution in [0, 0.1) is 0 Å². The fourth-order valence-electron chi connectivity index (χ4n) is 3.83. The molecule has 8 heteroatoms. The van der Waals surface area contributed by atoms with E-state index < -0.39 is 17.7 Å². The Balaban J connectivity index is 2.19. The Kier molecular flexibility index (Phi) is 7.60. The van der Waals surface area contributed by atoms with Crippen molar-refractivity contribution in [2.24, 2.45) is 0 Å². The fraction of sp³-hybridized carbons (Fsp3) is 0.360. The molecule has 0 aromatic heterocycles. The second-order valence-corrected chi connectivity index (χ2v) is 7.86. The number of aliphatic hydroxyl groups is 1. The number of nitrogens with zero attached hydrogens (tertiary/aromatic N) is 2. The second-order valence-electron chi connectivity index (χ2n) is 7.86. The Bertz CT molecular complexity index is 1050. The molecule has 0 unspecified atom stereocenters. The molecular formula is C25H30N2O6. The number of ketones is 1. The highest BCUT2D eigenvalue weighted by atomic mass is 16.5. The van der Waals surface area contributed by atoms with E-state index in [-0.39, 0.29) is 11.3 Å². The number of likely N-dealkylation sites (tertiary alicyclic amines) is 1. The molecule has 2 aromatic carbocycles. The third-order valence-electron chi connectivity index (χ3n) is 5.50. The lowest BCUT2D eigenvalue weighted by molar-refractivity contribution is -0.140. The van der Waals surface area contributed by atoms with Gasteiger partial charge in [0.2, 0.25) is 0 Å². The van der Waals surface area contributed by atoms with Crippen LogP contribution in [0.25, 0.3) is 5.76 Å². The molecule has 1 aliphatic rings. The maximum Gasteiger partial charge on any atom is 0.295 e. The maximum atomic E-state index is 13.2. The van der Waals surface area contributed by atoms with Gasteiger partial charge in [0.1, 0.15) is 23.0 Å². The van der Waals surface area contributed by atoms with Gasteiger partial charge in [-0.25, -0.2) is 0 Å². The van der Waals surface area contributed by atoms with Crippen molar-refractivity contribution in [3.63, 3.8) is 0 Å².